The van der Waals surface area contributed by atoms with E-state index in [-0.39, 0.29) is 5.97 Å². The molecule has 0 aliphatic carbocycles. The van der Waals surface area contributed by atoms with Gasteiger partial charge in [-0.15, -0.1) is 0 Å². The van der Waals surface area contributed by atoms with Crippen molar-refractivity contribution < 1.29 is 14.3 Å². The first-order valence-electron chi connectivity index (χ1n) is 5.84. The van der Waals surface area contributed by atoms with Crippen LogP contribution in [0.1, 0.15) is 30.0 Å². The van der Waals surface area contributed by atoms with E-state index in [9.17, 15) is 4.79 Å². The quantitative estimate of drug-likeness (QED) is 0.700. The fourth-order valence-electron chi connectivity index (χ4n) is 2.30. The summed E-state index contributed by atoms with van der Waals surface area (Å²) in [5.41, 5.74) is 2.66. The van der Waals surface area contributed by atoms with E-state index in [1.807, 2.05) is 13.0 Å². The summed E-state index contributed by atoms with van der Waals surface area (Å²) < 4.78 is 10.7. The van der Waals surface area contributed by atoms with Crippen molar-refractivity contribution in [3.63, 3.8) is 0 Å². The Labute approximate surface area is 102 Å². The molecule has 1 heterocycles. The molecule has 2 rings (SSSR count). The molecule has 0 aromatic heterocycles. The minimum Gasteiger partial charge on any atom is -0.475 e. The van der Waals surface area contributed by atoms with Gasteiger partial charge in [0.25, 0.3) is 0 Å². The Bertz CT molecular complexity index is 465. The number of fused-ring (bicyclic) bond motifs is 1. The molecule has 1 unspecified atom stereocenters. The summed E-state index contributed by atoms with van der Waals surface area (Å²) in [5, 5.41) is 0. The number of hydrogen-bond acceptors (Lipinski definition) is 3. The number of aryl methyl sites for hydroxylation is 2. The largest absolute Gasteiger partial charge is 0.475 e. The van der Waals surface area contributed by atoms with E-state index in [1.54, 1.807) is 6.92 Å². The van der Waals surface area contributed by atoms with Gasteiger partial charge in [0, 0.05) is 6.42 Å². The first kappa shape index (κ1) is 12.0. The van der Waals surface area contributed by atoms with Crippen molar-refractivity contribution in [1.29, 1.82) is 0 Å². The lowest BCUT2D eigenvalue weighted by molar-refractivity contribution is -0.159. The van der Waals surface area contributed by atoms with Crippen LogP contribution in [0.4, 0.5) is 0 Å². The van der Waals surface area contributed by atoms with Gasteiger partial charge >= 0.3 is 5.97 Å². The lowest BCUT2D eigenvalue weighted by atomic mass is 9.89. The maximum Gasteiger partial charge on any atom is 0.349 e. The molecule has 0 saturated carbocycles. The topological polar surface area (TPSA) is 35.5 Å². The second-order valence-electron chi connectivity index (χ2n) is 4.83. The number of benzene rings is 1. The normalized spacial score (nSPS) is 22.6. The third kappa shape index (κ3) is 1.90. The van der Waals surface area contributed by atoms with Crippen LogP contribution in [-0.2, 0) is 16.0 Å². The third-order valence-corrected chi connectivity index (χ3v) is 3.49. The summed E-state index contributed by atoms with van der Waals surface area (Å²) in [4.78, 5) is 11.7. The summed E-state index contributed by atoms with van der Waals surface area (Å²) >= 11 is 0. The Morgan fingerprint density at radius 3 is 2.65 bits per heavy atom. The van der Waals surface area contributed by atoms with E-state index in [0.717, 1.165) is 17.7 Å². The zero-order chi connectivity index (χ0) is 12.6. The van der Waals surface area contributed by atoms with Crippen LogP contribution in [-0.4, -0.2) is 18.7 Å². The van der Waals surface area contributed by atoms with Gasteiger partial charge in [0.15, 0.2) is 0 Å². The van der Waals surface area contributed by atoms with Crippen LogP contribution in [0, 0.1) is 13.8 Å². The van der Waals surface area contributed by atoms with Crippen molar-refractivity contribution in [2.24, 2.45) is 0 Å². The van der Waals surface area contributed by atoms with Crippen molar-refractivity contribution in [3.8, 4) is 5.75 Å². The summed E-state index contributed by atoms with van der Waals surface area (Å²) in [5.74, 6) is 0.549. The zero-order valence-corrected chi connectivity index (χ0v) is 10.8. The molecule has 0 N–H and O–H groups in total. The molecule has 1 aromatic carbocycles. The van der Waals surface area contributed by atoms with Crippen LogP contribution in [0.2, 0.25) is 0 Å². The molecule has 1 aromatic rings. The molecule has 1 aliphatic rings. The molecule has 3 heteroatoms. The number of carbonyl (C=O) groups excluding carboxylic acids is 1. The van der Waals surface area contributed by atoms with E-state index in [2.05, 4.69) is 13.0 Å². The van der Waals surface area contributed by atoms with E-state index >= 15 is 0 Å². The summed E-state index contributed by atoms with van der Waals surface area (Å²) in [6, 6.07) is 4.12. The number of carbonyl (C=O) groups is 1. The Morgan fingerprint density at radius 2 is 2.00 bits per heavy atom. The predicted octanol–water partition coefficient (Wildman–Crippen LogP) is 2.56. The molecule has 0 amide bonds. The highest BCUT2D eigenvalue weighted by Gasteiger charge is 2.40. The number of hydrogen-bond donors (Lipinski definition) is 0. The van der Waals surface area contributed by atoms with Gasteiger partial charge in [-0.25, -0.2) is 4.79 Å². The lowest BCUT2D eigenvalue weighted by Crippen LogP contribution is -2.45. The van der Waals surface area contributed by atoms with Crippen LogP contribution in [0.3, 0.4) is 0 Å². The highest BCUT2D eigenvalue weighted by atomic mass is 16.6. The summed E-state index contributed by atoms with van der Waals surface area (Å²) in [7, 11) is 1.40. The predicted molar refractivity (Wildman–Crippen MR) is 65.3 cm³/mol. The van der Waals surface area contributed by atoms with Gasteiger partial charge in [0.1, 0.15) is 5.75 Å². The van der Waals surface area contributed by atoms with Crippen LogP contribution in [0.15, 0.2) is 12.1 Å². The fourth-order valence-corrected chi connectivity index (χ4v) is 2.30. The van der Waals surface area contributed by atoms with Gasteiger partial charge in [-0.05, 0) is 43.9 Å². The first-order valence-corrected chi connectivity index (χ1v) is 5.84. The van der Waals surface area contributed by atoms with Gasteiger partial charge in [0.05, 0.1) is 7.11 Å². The van der Waals surface area contributed by atoms with Crippen molar-refractivity contribution >= 4 is 5.97 Å². The lowest BCUT2D eigenvalue weighted by Gasteiger charge is -2.34. The highest BCUT2D eigenvalue weighted by molar-refractivity contribution is 5.80. The van der Waals surface area contributed by atoms with Crippen LogP contribution < -0.4 is 4.74 Å². The summed E-state index contributed by atoms with van der Waals surface area (Å²) in [6.45, 7) is 5.87. The number of esters is 1. The Hall–Kier alpha value is -1.51. The monoisotopic (exact) mass is 234 g/mol. The van der Waals surface area contributed by atoms with Gasteiger partial charge in [-0.2, -0.15) is 0 Å². The van der Waals surface area contributed by atoms with Crippen molar-refractivity contribution in [2.45, 2.75) is 39.2 Å². The maximum atomic E-state index is 11.7. The summed E-state index contributed by atoms with van der Waals surface area (Å²) in [6.07, 6.45) is 1.52. The van der Waals surface area contributed by atoms with Crippen LogP contribution >= 0.6 is 0 Å². The fraction of sp³-hybridized carbons (Fsp3) is 0.500. The first-order chi connectivity index (χ1) is 7.98. The van der Waals surface area contributed by atoms with Crippen molar-refractivity contribution in [2.75, 3.05) is 7.11 Å². The van der Waals surface area contributed by atoms with E-state index < -0.39 is 5.60 Å². The number of ether oxygens (including phenoxy) is 2. The Kier molecular flexibility index (Phi) is 2.86. The molecule has 0 fully saturated rings. The van der Waals surface area contributed by atoms with Gasteiger partial charge in [0.2, 0.25) is 5.60 Å². The molecule has 0 saturated heterocycles. The molecular formula is C14H18O3. The zero-order valence-electron chi connectivity index (χ0n) is 10.8. The standard InChI is InChI=1S/C14H18O3/c1-9-5-6-10(2)12-11(9)7-8-14(3,17-12)13(15)16-4/h5-6H,7-8H2,1-4H3. The van der Waals surface area contributed by atoms with Gasteiger partial charge in [-0.3, -0.25) is 0 Å². The van der Waals surface area contributed by atoms with E-state index in [0.29, 0.717) is 6.42 Å². The minimum absolute atomic E-state index is 0.302. The van der Waals surface area contributed by atoms with Gasteiger partial charge < -0.3 is 9.47 Å². The smallest absolute Gasteiger partial charge is 0.349 e. The average molecular weight is 234 g/mol. The third-order valence-electron chi connectivity index (χ3n) is 3.49. The Morgan fingerprint density at radius 1 is 1.35 bits per heavy atom. The van der Waals surface area contributed by atoms with Crippen LogP contribution in [0.25, 0.3) is 0 Å². The van der Waals surface area contributed by atoms with Crippen molar-refractivity contribution in [3.05, 3.63) is 28.8 Å². The number of methoxy groups -OCH3 is 1. The minimum atomic E-state index is -0.847. The van der Waals surface area contributed by atoms with Crippen molar-refractivity contribution in [1.82, 2.24) is 0 Å². The van der Waals surface area contributed by atoms with Crippen LogP contribution in [0.5, 0.6) is 5.75 Å². The number of rotatable bonds is 1. The average Bonchev–Trinajstić information content (AvgIpc) is 2.33. The molecule has 0 bridgehead atoms. The molecular weight excluding hydrogens is 216 g/mol. The molecule has 0 radical (unpaired) electrons. The Balaban J connectivity index is 2.42. The van der Waals surface area contributed by atoms with E-state index in [4.69, 9.17) is 9.47 Å². The van der Waals surface area contributed by atoms with E-state index in [1.165, 1.54) is 18.2 Å². The second-order valence-corrected chi connectivity index (χ2v) is 4.83. The molecule has 1 aliphatic heterocycles. The maximum absolute atomic E-state index is 11.7. The molecule has 1 atom stereocenters. The molecule has 17 heavy (non-hydrogen) atoms. The van der Waals surface area contributed by atoms with Gasteiger partial charge in [-0.1, -0.05) is 12.1 Å². The molecule has 0 spiro atoms. The molecule has 92 valence electrons. The highest BCUT2D eigenvalue weighted by Crippen LogP contribution is 2.37. The second kappa shape index (κ2) is 4.06. The SMILES string of the molecule is COC(=O)C1(C)CCc2c(C)ccc(C)c2O1. The molecule has 3 nitrogen and oxygen atoms in total.